The van der Waals surface area contributed by atoms with Crippen molar-refractivity contribution in [3.8, 4) is 11.4 Å². The van der Waals surface area contributed by atoms with Crippen LogP contribution in [0.5, 0.6) is 0 Å². The fourth-order valence-electron chi connectivity index (χ4n) is 4.06. The number of pyridine rings is 1. The fourth-order valence-corrected chi connectivity index (χ4v) is 4.06. The van der Waals surface area contributed by atoms with Gasteiger partial charge in [0.15, 0.2) is 0 Å². The molecule has 0 atom stereocenters. The maximum absolute atomic E-state index is 12.7. The standard InChI is InChI=1S/C23H25F3N4/c1-17-13-28-22(20-3-2-10-27-14-20)30(17)16-19-8-11-29(12-9-19)15-18-4-6-21(7-5-18)23(24,25)26/h2-7,10,13-14,19H,8-9,11-12,15-16H2,1H3. The Morgan fingerprint density at radius 3 is 2.40 bits per heavy atom. The van der Waals surface area contributed by atoms with Crippen LogP contribution in [-0.4, -0.2) is 32.5 Å². The summed E-state index contributed by atoms with van der Waals surface area (Å²) in [5.41, 5.74) is 2.49. The first kappa shape index (κ1) is 20.6. The van der Waals surface area contributed by atoms with E-state index in [0.717, 1.165) is 55.1 Å². The van der Waals surface area contributed by atoms with Gasteiger partial charge in [0.25, 0.3) is 0 Å². The molecule has 7 heteroatoms. The number of likely N-dealkylation sites (tertiary alicyclic amines) is 1. The zero-order valence-corrected chi connectivity index (χ0v) is 16.9. The summed E-state index contributed by atoms with van der Waals surface area (Å²) in [6.45, 7) is 5.58. The van der Waals surface area contributed by atoms with Crippen LogP contribution in [0, 0.1) is 12.8 Å². The van der Waals surface area contributed by atoms with Crippen LogP contribution in [0.4, 0.5) is 13.2 Å². The maximum atomic E-state index is 12.7. The predicted molar refractivity (Wildman–Crippen MR) is 110 cm³/mol. The normalized spacial score (nSPS) is 16.1. The second-order valence-corrected chi connectivity index (χ2v) is 7.99. The van der Waals surface area contributed by atoms with E-state index in [4.69, 9.17) is 0 Å². The monoisotopic (exact) mass is 414 g/mol. The van der Waals surface area contributed by atoms with Crippen molar-refractivity contribution in [1.82, 2.24) is 19.4 Å². The van der Waals surface area contributed by atoms with Crippen LogP contribution < -0.4 is 0 Å². The van der Waals surface area contributed by atoms with Crippen molar-refractivity contribution in [3.05, 3.63) is 71.8 Å². The Labute approximate surface area is 174 Å². The second kappa shape index (κ2) is 8.60. The molecule has 4 nitrogen and oxygen atoms in total. The third-order valence-electron chi connectivity index (χ3n) is 5.81. The smallest absolute Gasteiger partial charge is 0.328 e. The Bertz CT molecular complexity index is 956. The molecule has 0 radical (unpaired) electrons. The Kier molecular flexibility index (Phi) is 5.90. The van der Waals surface area contributed by atoms with Crippen LogP contribution in [-0.2, 0) is 19.3 Å². The lowest BCUT2D eigenvalue weighted by atomic mass is 9.96. The molecule has 1 fully saturated rings. The van der Waals surface area contributed by atoms with E-state index in [0.29, 0.717) is 12.5 Å². The van der Waals surface area contributed by atoms with Crippen molar-refractivity contribution in [1.29, 1.82) is 0 Å². The Morgan fingerprint density at radius 2 is 1.77 bits per heavy atom. The maximum Gasteiger partial charge on any atom is 0.416 e. The first-order valence-electron chi connectivity index (χ1n) is 10.2. The molecule has 2 aromatic heterocycles. The number of benzene rings is 1. The number of alkyl halides is 3. The minimum Gasteiger partial charge on any atom is -0.328 e. The molecule has 3 heterocycles. The van der Waals surface area contributed by atoms with Crippen molar-refractivity contribution >= 4 is 0 Å². The second-order valence-electron chi connectivity index (χ2n) is 7.99. The summed E-state index contributed by atoms with van der Waals surface area (Å²) in [6, 6.07) is 9.46. The SMILES string of the molecule is Cc1cnc(-c2cccnc2)n1CC1CCN(Cc2ccc(C(F)(F)F)cc2)CC1. The molecule has 0 amide bonds. The van der Waals surface area contributed by atoms with Gasteiger partial charge in [-0.1, -0.05) is 12.1 Å². The molecular weight excluding hydrogens is 389 g/mol. The highest BCUT2D eigenvalue weighted by atomic mass is 19.4. The third-order valence-corrected chi connectivity index (χ3v) is 5.81. The number of hydrogen-bond donors (Lipinski definition) is 0. The van der Waals surface area contributed by atoms with E-state index in [2.05, 4.69) is 26.4 Å². The number of aromatic nitrogens is 3. The molecule has 0 spiro atoms. The summed E-state index contributed by atoms with van der Waals surface area (Å²) < 4.78 is 40.4. The lowest BCUT2D eigenvalue weighted by Gasteiger charge is -2.32. The minimum absolute atomic E-state index is 0.553. The van der Waals surface area contributed by atoms with E-state index in [1.165, 1.54) is 12.1 Å². The molecule has 0 saturated carbocycles. The molecule has 0 unspecified atom stereocenters. The van der Waals surface area contributed by atoms with Crippen LogP contribution in [0.1, 0.15) is 29.7 Å². The topological polar surface area (TPSA) is 34.0 Å². The van der Waals surface area contributed by atoms with Gasteiger partial charge in [0, 0.05) is 42.9 Å². The number of aryl methyl sites for hydroxylation is 1. The van der Waals surface area contributed by atoms with Crippen molar-refractivity contribution in [2.75, 3.05) is 13.1 Å². The van der Waals surface area contributed by atoms with E-state index >= 15 is 0 Å². The summed E-state index contributed by atoms with van der Waals surface area (Å²) >= 11 is 0. The highest BCUT2D eigenvalue weighted by Gasteiger charge is 2.30. The third kappa shape index (κ3) is 4.73. The van der Waals surface area contributed by atoms with Crippen LogP contribution in [0.25, 0.3) is 11.4 Å². The van der Waals surface area contributed by atoms with E-state index in [9.17, 15) is 13.2 Å². The van der Waals surface area contributed by atoms with Gasteiger partial charge in [-0.2, -0.15) is 13.2 Å². The lowest BCUT2D eigenvalue weighted by Crippen LogP contribution is -2.34. The van der Waals surface area contributed by atoms with Gasteiger partial charge in [-0.05, 0) is 68.6 Å². The van der Waals surface area contributed by atoms with E-state index < -0.39 is 11.7 Å². The number of halogens is 3. The predicted octanol–water partition coefficient (Wildman–Crippen LogP) is 5.18. The Balaban J connectivity index is 1.34. The zero-order chi connectivity index (χ0) is 21.1. The molecular formula is C23H25F3N4. The molecule has 1 aromatic carbocycles. The van der Waals surface area contributed by atoms with Crippen molar-refractivity contribution in [2.45, 2.75) is 39.0 Å². The van der Waals surface area contributed by atoms with Crippen LogP contribution >= 0.6 is 0 Å². The highest BCUT2D eigenvalue weighted by molar-refractivity contribution is 5.54. The van der Waals surface area contributed by atoms with Crippen LogP contribution in [0.15, 0.2) is 55.0 Å². The van der Waals surface area contributed by atoms with Gasteiger partial charge in [-0.25, -0.2) is 4.98 Å². The van der Waals surface area contributed by atoms with Crippen molar-refractivity contribution in [2.24, 2.45) is 5.92 Å². The Hall–Kier alpha value is -2.67. The summed E-state index contributed by atoms with van der Waals surface area (Å²) in [7, 11) is 0. The summed E-state index contributed by atoms with van der Waals surface area (Å²) in [5, 5.41) is 0. The minimum atomic E-state index is -4.28. The largest absolute Gasteiger partial charge is 0.416 e. The number of piperidine rings is 1. The van der Waals surface area contributed by atoms with Crippen LogP contribution in [0.2, 0.25) is 0 Å². The van der Waals surface area contributed by atoms with Crippen molar-refractivity contribution < 1.29 is 13.2 Å². The molecule has 1 aliphatic heterocycles. The number of nitrogens with zero attached hydrogens (tertiary/aromatic N) is 4. The van der Waals surface area contributed by atoms with Gasteiger partial charge >= 0.3 is 6.18 Å². The van der Waals surface area contributed by atoms with Gasteiger partial charge in [0.2, 0.25) is 0 Å². The molecule has 30 heavy (non-hydrogen) atoms. The lowest BCUT2D eigenvalue weighted by molar-refractivity contribution is -0.137. The number of rotatable bonds is 5. The van der Waals surface area contributed by atoms with Crippen molar-refractivity contribution in [3.63, 3.8) is 0 Å². The van der Waals surface area contributed by atoms with E-state index in [-0.39, 0.29) is 0 Å². The van der Waals surface area contributed by atoms with E-state index in [1.54, 1.807) is 18.3 Å². The zero-order valence-electron chi connectivity index (χ0n) is 16.9. The fraction of sp³-hybridized carbons (Fsp3) is 0.391. The van der Waals surface area contributed by atoms with E-state index in [1.807, 2.05) is 24.5 Å². The first-order valence-corrected chi connectivity index (χ1v) is 10.2. The molecule has 0 bridgehead atoms. The van der Waals surface area contributed by atoms with Gasteiger partial charge in [0.05, 0.1) is 5.56 Å². The highest BCUT2D eigenvalue weighted by Crippen LogP contribution is 2.30. The molecule has 3 aromatic rings. The summed E-state index contributed by atoms with van der Waals surface area (Å²) in [5.74, 6) is 1.50. The van der Waals surface area contributed by atoms with Crippen LogP contribution in [0.3, 0.4) is 0 Å². The summed E-state index contributed by atoms with van der Waals surface area (Å²) in [4.78, 5) is 11.1. The molecule has 158 valence electrons. The first-order chi connectivity index (χ1) is 14.4. The van der Waals surface area contributed by atoms with Gasteiger partial charge in [-0.15, -0.1) is 0 Å². The van der Waals surface area contributed by atoms with Gasteiger partial charge in [0.1, 0.15) is 5.82 Å². The number of hydrogen-bond acceptors (Lipinski definition) is 3. The average Bonchev–Trinajstić information content (AvgIpc) is 3.10. The average molecular weight is 414 g/mol. The quantitative estimate of drug-likeness (QED) is 0.577. The molecule has 0 aliphatic carbocycles. The summed E-state index contributed by atoms with van der Waals surface area (Å²) in [6.07, 6.45) is 3.34. The molecule has 0 N–H and O–H groups in total. The molecule has 1 saturated heterocycles. The van der Waals surface area contributed by atoms with Gasteiger partial charge in [-0.3, -0.25) is 9.88 Å². The number of imidazole rings is 1. The Morgan fingerprint density at radius 1 is 1.03 bits per heavy atom. The molecule has 1 aliphatic rings. The molecule has 4 rings (SSSR count). The van der Waals surface area contributed by atoms with Gasteiger partial charge < -0.3 is 4.57 Å².